The molecule has 0 saturated carbocycles. The minimum Gasteiger partial charge on any atom is -0.494 e. The quantitative estimate of drug-likeness (QED) is 0.531. The first kappa shape index (κ1) is 20.4. The Morgan fingerprint density at radius 2 is 2.00 bits per heavy atom. The van der Waals surface area contributed by atoms with Crippen LogP contribution in [0.25, 0.3) is 0 Å². The van der Waals surface area contributed by atoms with Gasteiger partial charge in [0.1, 0.15) is 15.6 Å². The fourth-order valence-corrected chi connectivity index (χ4v) is 3.55. The van der Waals surface area contributed by atoms with Gasteiger partial charge in [0, 0.05) is 5.56 Å². The number of unbranched alkanes of at least 4 members (excludes halogenated alkanes) is 1. The number of ether oxygens (including phenoxy) is 2. The number of primary amides is 1. The summed E-state index contributed by atoms with van der Waals surface area (Å²) in [5.74, 6) is -1.17. The molecule has 0 spiro atoms. The van der Waals surface area contributed by atoms with Crippen molar-refractivity contribution in [2.45, 2.75) is 26.7 Å². The smallest absolute Gasteiger partial charge is 0.348 e. The molecular weight excluding hydrogens is 368 g/mol. The van der Waals surface area contributed by atoms with E-state index in [1.165, 1.54) is 7.11 Å². The molecule has 2 rings (SSSR count). The van der Waals surface area contributed by atoms with Gasteiger partial charge < -0.3 is 20.5 Å². The van der Waals surface area contributed by atoms with Gasteiger partial charge in [-0.15, -0.1) is 11.3 Å². The number of rotatable bonds is 8. The van der Waals surface area contributed by atoms with Crippen molar-refractivity contribution in [2.75, 3.05) is 19.0 Å². The lowest BCUT2D eigenvalue weighted by Crippen LogP contribution is -2.17. The Bertz CT molecular complexity index is 860. The lowest BCUT2D eigenvalue weighted by Gasteiger charge is -2.08. The van der Waals surface area contributed by atoms with Crippen molar-refractivity contribution in [1.29, 1.82) is 0 Å². The molecule has 0 aliphatic carbocycles. The molecule has 0 unspecified atom stereocenters. The number of nitrogens with two attached hydrogens (primary N) is 1. The lowest BCUT2D eigenvalue weighted by molar-refractivity contribution is 0.0605. The molecule has 0 fully saturated rings. The van der Waals surface area contributed by atoms with Gasteiger partial charge in [0.2, 0.25) is 0 Å². The molecule has 0 atom stereocenters. The van der Waals surface area contributed by atoms with Gasteiger partial charge in [0.25, 0.3) is 11.8 Å². The van der Waals surface area contributed by atoms with Crippen LogP contribution in [0.2, 0.25) is 0 Å². The highest BCUT2D eigenvalue weighted by Gasteiger charge is 2.25. The van der Waals surface area contributed by atoms with Gasteiger partial charge in [-0.2, -0.15) is 0 Å². The molecule has 1 aromatic carbocycles. The van der Waals surface area contributed by atoms with Gasteiger partial charge in [-0.3, -0.25) is 9.59 Å². The lowest BCUT2D eigenvalue weighted by atomic mass is 10.1. The second kappa shape index (κ2) is 9.18. The highest BCUT2D eigenvalue weighted by molar-refractivity contribution is 7.18. The first-order valence-corrected chi connectivity index (χ1v) is 9.26. The number of esters is 1. The zero-order valence-electron chi connectivity index (χ0n) is 15.5. The molecule has 144 valence electrons. The molecular formula is C19H22N2O5S. The van der Waals surface area contributed by atoms with Crippen LogP contribution in [0.1, 0.15) is 55.7 Å². The highest BCUT2D eigenvalue weighted by atomic mass is 32.1. The molecule has 7 nitrogen and oxygen atoms in total. The average molecular weight is 390 g/mol. The summed E-state index contributed by atoms with van der Waals surface area (Å²) in [6, 6.07) is 6.74. The summed E-state index contributed by atoms with van der Waals surface area (Å²) in [7, 11) is 1.24. The maximum absolute atomic E-state index is 12.6. The molecule has 2 aromatic rings. The van der Waals surface area contributed by atoms with Crippen LogP contribution in [0.4, 0.5) is 5.00 Å². The molecule has 0 saturated heterocycles. The van der Waals surface area contributed by atoms with E-state index in [2.05, 4.69) is 12.2 Å². The molecule has 2 amide bonds. The highest BCUT2D eigenvalue weighted by Crippen LogP contribution is 2.33. The van der Waals surface area contributed by atoms with Crippen molar-refractivity contribution in [1.82, 2.24) is 0 Å². The number of anilines is 1. The standard InChI is InChI=1S/C19H22N2O5S/c1-4-5-9-26-13-8-6-7-12(10-13)17(23)21-18-14(16(20)22)11(2)15(27-18)19(24)25-3/h6-8,10H,4-5,9H2,1-3H3,(H2,20,22)(H,21,23). The second-order valence-corrected chi connectivity index (χ2v) is 6.82. The fraction of sp³-hybridized carbons (Fsp3) is 0.316. The Balaban J connectivity index is 2.26. The van der Waals surface area contributed by atoms with E-state index in [0.717, 1.165) is 24.2 Å². The van der Waals surface area contributed by atoms with E-state index < -0.39 is 17.8 Å². The Kier molecular flexibility index (Phi) is 6.95. The fourth-order valence-electron chi connectivity index (χ4n) is 2.42. The summed E-state index contributed by atoms with van der Waals surface area (Å²) in [6.07, 6.45) is 1.93. The predicted molar refractivity (Wildman–Crippen MR) is 104 cm³/mol. The van der Waals surface area contributed by atoms with E-state index in [-0.39, 0.29) is 15.4 Å². The van der Waals surface area contributed by atoms with Crippen LogP contribution < -0.4 is 15.8 Å². The summed E-state index contributed by atoms with van der Waals surface area (Å²) in [6.45, 7) is 4.22. The number of benzene rings is 1. The average Bonchev–Trinajstić information content (AvgIpc) is 2.97. The van der Waals surface area contributed by atoms with Crippen molar-refractivity contribution in [3.05, 3.63) is 45.8 Å². The molecule has 8 heteroatoms. The zero-order valence-corrected chi connectivity index (χ0v) is 16.3. The van der Waals surface area contributed by atoms with Gasteiger partial charge >= 0.3 is 5.97 Å². The molecule has 0 radical (unpaired) electrons. The number of carbonyl (C=O) groups excluding carboxylic acids is 3. The number of amides is 2. The van der Waals surface area contributed by atoms with Crippen LogP contribution in [-0.4, -0.2) is 31.5 Å². The first-order chi connectivity index (χ1) is 12.9. The van der Waals surface area contributed by atoms with E-state index in [1.54, 1.807) is 31.2 Å². The van der Waals surface area contributed by atoms with Crippen LogP contribution in [0.5, 0.6) is 5.75 Å². The predicted octanol–water partition coefficient (Wildman–Crippen LogP) is 3.37. The summed E-state index contributed by atoms with van der Waals surface area (Å²) in [4.78, 5) is 36.5. The van der Waals surface area contributed by atoms with E-state index in [4.69, 9.17) is 15.2 Å². The third-order valence-electron chi connectivity index (χ3n) is 3.85. The number of thiophene rings is 1. The number of nitrogens with one attached hydrogen (secondary N) is 1. The molecule has 27 heavy (non-hydrogen) atoms. The monoisotopic (exact) mass is 390 g/mol. The molecule has 1 heterocycles. The van der Waals surface area contributed by atoms with Crippen LogP contribution >= 0.6 is 11.3 Å². The van der Waals surface area contributed by atoms with Crippen molar-refractivity contribution in [3.8, 4) is 5.75 Å². The Hall–Kier alpha value is -2.87. The normalized spacial score (nSPS) is 10.3. The number of hydrogen-bond acceptors (Lipinski definition) is 6. The Labute approximate surface area is 161 Å². The van der Waals surface area contributed by atoms with Crippen molar-refractivity contribution < 1.29 is 23.9 Å². The summed E-state index contributed by atoms with van der Waals surface area (Å²) in [5, 5.41) is 2.87. The van der Waals surface area contributed by atoms with Crippen molar-refractivity contribution in [2.24, 2.45) is 5.73 Å². The summed E-state index contributed by atoms with van der Waals surface area (Å²) < 4.78 is 10.3. The maximum Gasteiger partial charge on any atom is 0.348 e. The number of methoxy groups -OCH3 is 1. The maximum atomic E-state index is 12.6. The molecule has 1 aromatic heterocycles. The summed E-state index contributed by atoms with van der Waals surface area (Å²) in [5.41, 5.74) is 6.27. The third-order valence-corrected chi connectivity index (χ3v) is 5.04. The van der Waals surface area contributed by atoms with E-state index in [9.17, 15) is 14.4 Å². The van der Waals surface area contributed by atoms with Gasteiger partial charge in [0.05, 0.1) is 19.3 Å². The summed E-state index contributed by atoms with van der Waals surface area (Å²) >= 11 is 0.953. The Morgan fingerprint density at radius 1 is 1.26 bits per heavy atom. The molecule has 0 aliphatic heterocycles. The SMILES string of the molecule is CCCCOc1cccc(C(=O)Nc2sc(C(=O)OC)c(C)c2C(N)=O)c1. The first-order valence-electron chi connectivity index (χ1n) is 8.44. The molecule has 0 aliphatic rings. The minimum atomic E-state index is -0.731. The van der Waals surface area contributed by atoms with E-state index in [1.807, 2.05) is 0 Å². The van der Waals surface area contributed by atoms with Crippen LogP contribution in [-0.2, 0) is 4.74 Å². The van der Waals surface area contributed by atoms with E-state index >= 15 is 0 Å². The van der Waals surface area contributed by atoms with Crippen LogP contribution in [0, 0.1) is 6.92 Å². The number of carbonyl (C=O) groups is 3. The number of hydrogen-bond donors (Lipinski definition) is 2. The van der Waals surface area contributed by atoms with Crippen molar-refractivity contribution >= 4 is 34.1 Å². The molecule has 3 N–H and O–H groups in total. The van der Waals surface area contributed by atoms with Gasteiger partial charge in [-0.25, -0.2) is 4.79 Å². The van der Waals surface area contributed by atoms with Gasteiger partial charge in [-0.05, 0) is 37.1 Å². The molecule has 0 bridgehead atoms. The van der Waals surface area contributed by atoms with Gasteiger partial charge in [-0.1, -0.05) is 19.4 Å². The van der Waals surface area contributed by atoms with E-state index in [0.29, 0.717) is 23.5 Å². The minimum absolute atomic E-state index is 0.101. The van der Waals surface area contributed by atoms with Gasteiger partial charge in [0.15, 0.2) is 0 Å². The van der Waals surface area contributed by atoms with Crippen LogP contribution in [0.15, 0.2) is 24.3 Å². The van der Waals surface area contributed by atoms with Crippen molar-refractivity contribution in [3.63, 3.8) is 0 Å². The Morgan fingerprint density at radius 3 is 2.63 bits per heavy atom. The zero-order chi connectivity index (χ0) is 20.0. The van der Waals surface area contributed by atoms with Crippen LogP contribution in [0.3, 0.4) is 0 Å². The largest absolute Gasteiger partial charge is 0.494 e. The second-order valence-electron chi connectivity index (χ2n) is 5.80. The topological polar surface area (TPSA) is 108 Å². The third kappa shape index (κ3) is 4.85.